The summed E-state index contributed by atoms with van der Waals surface area (Å²) in [5.41, 5.74) is 0. The van der Waals surface area contributed by atoms with Gasteiger partial charge in [-0.3, -0.25) is 4.79 Å². The van der Waals surface area contributed by atoms with Gasteiger partial charge in [-0.25, -0.2) is 4.79 Å². The number of rotatable bonds is 9. The van der Waals surface area contributed by atoms with Gasteiger partial charge in [-0.15, -0.1) is 11.8 Å². The van der Waals surface area contributed by atoms with Crippen LogP contribution in [0.1, 0.15) is 38.5 Å². The molecule has 0 bridgehead atoms. The summed E-state index contributed by atoms with van der Waals surface area (Å²) in [6.45, 7) is 2.89. The van der Waals surface area contributed by atoms with Crippen molar-refractivity contribution in [3.8, 4) is 0 Å². The standard InChI is InChI=1S/C19H29N3O2S/c23-18-11-5-2-6-14-22(18)15-7-12-20-19(24)21-13-8-16-25-17-9-3-1-4-10-17/h1,3-4,9-10H,2,5-8,11-16H2,(H2,20,21,24). The van der Waals surface area contributed by atoms with Gasteiger partial charge in [0.05, 0.1) is 0 Å². The van der Waals surface area contributed by atoms with E-state index in [4.69, 9.17) is 0 Å². The summed E-state index contributed by atoms with van der Waals surface area (Å²) < 4.78 is 0. The Hall–Kier alpha value is -1.69. The smallest absolute Gasteiger partial charge is 0.314 e. The van der Waals surface area contributed by atoms with Crippen molar-refractivity contribution < 1.29 is 9.59 Å². The van der Waals surface area contributed by atoms with E-state index in [9.17, 15) is 9.59 Å². The topological polar surface area (TPSA) is 61.4 Å². The van der Waals surface area contributed by atoms with Gasteiger partial charge < -0.3 is 15.5 Å². The molecular formula is C19H29N3O2S. The summed E-state index contributed by atoms with van der Waals surface area (Å²) in [5, 5.41) is 5.75. The van der Waals surface area contributed by atoms with E-state index in [1.807, 2.05) is 23.1 Å². The largest absolute Gasteiger partial charge is 0.343 e. The highest BCUT2D eigenvalue weighted by Gasteiger charge is 2.15. The molecule has 1 aliphatic heterocycles. The molecule has 3 amide bonds. The predicted molar refractivity (Wildman–Crippen MR) is 103 cm³/mol. The summed E-state index contributed by atoms with van der Waals surface area (Å²) in [7, 11) is 0. The van der Waals surface area contributed by atoms with Crippen molar-refractivity contribution in [1.29, 1.82) is 0 Å². The molecule has 0 unspecified atom stereocenters. The van der Waals surface area contributed by atoms with E-state index >= 15 is 0 Å². The minimum atomic E-state index is -0.119. The van der Waals surface area contributed by atoms with Gasteiger partial charge in [0.1, 0.15) is 0 Å². The van der Waals surface area contributed by atoms with E-state index in [1.165, 1.54) is 4.90 Å². The van der Waals surface area contributed by atoms with Gasteiger partial charge in [0.2, 0.25) is 5.91 Å². The van der Waals surface area contributed by atoms with Gasteiger partial charge in [-0.05, 0) is 43.6 Å². The number of nitrogens with one attached hydrogen (secondary N) is 2. The van der Waals surface area contributed by atoms with Crippen molar-refractivity contribution in [2.75, 3.05) is 31.9 Å². The Morgan fingerprint density at radius 2 is 1.80 bits per heavy atom. The third-order valence-corrected chi connectivity index (χ3v) is 5.28. The number of hydrogen-bond acceptors (Lipinski definition) is 3. The highest BCUT2D eigenvalue weighted by molar-refractivity contribution is 7.99. The first kappa shape index (κ1) is 19.6. The Labute approximate surface area is 154 Å². The van der Waals surface area contributed by atoms with Crippen molar-refractivity contribution in [1.82, 2.24) is 15.5 Å². The number of carbonyl (C=O) groups excluding carboxylic acids is 2. The number of benzene rings is 1. The maximum absolute atomic E-state index is 11.9. The summed E-state index contributed by atoms with van der Waals surface area (Å²) in [4.78, 5) is 26.8. The Morgan fingerprint density at radius 3 is 2.60 bits per heavy atom. The second kappa shape index (κ2) is 11.8. The van der Waals surface area contributed by atoms with Crippen LogP contribution in [0.5, 0.6) is 0 Å². The van der Waals surface area contributed by atoms with E-state index in [1.54, 1.807) is 11.8 Å². The Bertz CT molecular complexity index is 525. The number of thioether (sulfide) groups is 1. The lowest BCUT2D eigenvalue weighted by atomic mass is 10.2. The monoisotopic (exact) mass is 363 g/mol. The van der Waals surface area contributed by atoms with Gasteiger partial charge in [-0.2, -0.15) is 0 Å². The van der Waals surface area contributed by atoms with Crippen molar-refractivity contribution in [3.63, 3.8) is 0 Å². The second-order valence-electron chi connectivity index (χ2n) is 6.24. The first-order valence-corrected chi connectivity index (χ1v) is 10.2. The predicted octanol–water partition coefficient (Wildman–Crippen LogP) is 3.26. The zero-order chi connectivity index (χ0) is 17.7. The molecule has 0 spiro atoms. The number of amides is 3. The van der Waals surface area contributed by atoms with Crippen LogP contribution in [0.25, 0.3) is 0 Å². The molecule has 0 aromatic heterocycles. The maximum atomic E-state index is 11.9. The lowest BCUT2D eigenvalue weighted by molar-refractivity contribution is -0.130. The van der Waals surface area contributed by atoms with Crippen LogP contribution in [0, 0.1) is 0 Å². The zero-order valence-electron chi connectivity index (χ0n) is 14.8. The van der Waals surface area contributed by atoms with E-state index in [0.29, 0.717) is 19.5 Å². The Kier molecular flexibility index (Phi) is 9.26. The SMILES string of the molecule is O=C(NCCCSc1ccccc1)NCCCN1CCCCCC1=O. The van der Waals surface area contributed by atoms with Crippen LogP contribution in [0.15, 0.2) is 35.2 Å². The quantitative estimate of drug-likeness (QED) is 0.523. The molecule has 0 saturated carbocycles. The van der Waals surface area contributed by atoms with Crippen molar-refractivity contribution in [2.45, 2.75) is 43.4 Å². The van der Waals surface area contributed by atoms with E-state index in [-0.39, 0.29) is 11.9 Å². The molecule has 1 fully saturated rings. The summed E-state index contributed by atoms with van der Waals surface area (Å²) >= 11 is 1.80. The molecular weight excluding hydrogens is 334 g/mol. The first-order valence-electron chi connectivity index (χ1n) is 9.23. The van der Waals surface area contributed by atoms with Crippen molar-refractivity contribution in [2.24, 2.45) is 0 Å². The van der Waals surface area contributed by atoms with Crippen LogP contribution in [0.2, 0.25) is 0 Å². The molecule has 6 heteroatoms. The molecule has 0 atom stereocenters. The van der Waals surface area contributed by atoms with Crippen LogP contribution in [-0.2, 0) is 4.79 Å². The summed E-state index contributed by atoms with van der Waals surface area (Å²) in [6.07, 6.45) is 5.68. The zero-order valence-corrected chi connectivity index (χ0v) is 15.7. The van der Waals surface area contributed by atoms with Gasteiger partial charge in [0, 0.05) is 37.5 Å². The molecule has 2 N–H and O–H groups in total. The molecule has 2 rings (SSSR count). The highest BCUT2D eigenvalue weighted by Crippen LogP contribution is 2.17. The van der Waals surface area contributed by atoms with Crippen LogP contribution < -0.4 is 10.6 Å². The maximum Gasteiger partial charge on any atom is 0.314 e. The minimum Gasteiger partial charge on any atom is -0.343 e. The molecule has 5 nitrogen and oxygen atoms in total. The van der Waals surface area contributed by atoms with E-state index < -0.39 is 0 Å². The number of hydrogen-bond donors (Lipinski definition) is 2. The van der Waals surface area contributed by atoms with Crippen LogP contribution in [0.4, 0.5) is 4.79 Å². The van der Waals surface area contributed by atoms with Gasteiger partial charge in [0.15, 0.2) is 0 Å². The van der Waals surface area contributed by atoms with E-state index in [2.05, 4.69) is 22.8 Å². The van der Waals surface area contributed by atoms with Crippen molar-refractivity contribution in [3.05, 3.63) is 30.3 Å². The third-order valence-electron chi connectivity index (χ3n) is 4.18. The molecule has 138 valence electrons. The van der Waals surface area contributed by atoms with Gasteiger partial charge >= 0.3 is 6.03 Å². The normalized spacial score (nSPS) is 14.9. The number of nitrogens with zero attached hydrogens (tertiary/aromatic N) is 1. The average molecular weight is 364 g/mol. The Morgan fingerprint density at radius 1 is 1.04 bits per heavy atom. The summed E-state index contributed by atoms with van der Waals surface area (Å²) in [5.74, 6) is 1.25. The molecule has 1 aliphatic rings. The fourth-order valence-corrected chi connectivity index (χ4v) is 3.66. The van der Waals surface area contributed by atoms with Crippen LogP contribution >= 0.6 is 11.8 Å². The molecule has 1 heterocycles. The highest BCUT2D eigenvalue weighted by atomic mass is 32.2. The molecule has 1 aromatic carbocycles. The molecule has 25 heavy (non-hydrogen) atoms. The van der Waals surface area contributed by atoms with Crippen molar-refractivity contribution >= 4 is 23.7 Å². The lowest BCUT2D eigenvalue weighted by Gasteiger charge is -2.20. The number of carbonyl (C=O) groups is 2. The van der Waals surface area contributed by atoms with Gasteiger partial charge in [0.25, 0.3) is 0 Å². The molecule has 0 aliphatic carbocycles. The first-order chi connectivity index (χ1) is 12.3. The fourth-order valence-electron chi connectivity index (χ4n) is 2.79. The lowest BCUT2D eigenvalue weighted by Crippen LogP contribution is -2.38. The molecule has 0 radical (unpaired) electrons. The minimum absolute atomic E-state index is 0.119. The van der Waals surface area contributed by atoms with Crippen LogP contribution in [0.3, 0.4) is 0 Å². The summed E-state index contributed by atoms with van der Waals surface area (Å²) in [6, 6.07) is 10.2. The van der Waals surface area contributed by atoms with Gasteiger partial charge in [-0.1, -0.05) is 24.6 Å². The number of likely N-dealkylation sites (tertiary alicyclic amines) is 1. The van der Waals surface area contributed by atoms with E-state index in [0.717, 1.165) is 50.9 Å². The average Bonchev–Trinajstić information content (AvgIpc) is 2.83. The molecule has 1 aromatic rings. The number of urea groups is 1. The fraction of sp³-hybridized carbons (Fsp3) is 0.579. The molecule has 1 saturated heterocycles. The third kappa shape index (κ3) is 8.29. The van der Waals surface area contributed by atoms with Crippen LogP contribution in [-0.4, -0.2) is 48.8 Å². The second-order valence-corrected chi connectivity index (χ2v) is 7.41. The Balaban J connectivity index is 1.46.